The van der Waals surface area contributed by atoms with Crippen LogP contribution in [0.4, 0.5) is 8.78 Å². The molecule has 4 heteroatoms. The van der Waals surface area contributed by atoms with Gasteiger partial charge in [-0.15, -0.1) is 0 Å². The van der Waals surface area contributed by atoms with E-state index in [-0.39, 0.29) is 0 Å². The molecule has 0 amide bonds. The molecule has 0 radical (unpaired) electrons. The number of nitrogens with zero attached hydrogens (tertiary/aromatic N) is 2. The molecule has 0 saturated heterocycles. The van der Waals surface area contributed by atoms with E-state index in [0.717, 1.165) is 18.7 Å². The van der Waals surface area contributed by atoms with Gasteiger partial charge in [-0.2, -0.15) is 0 Å². The second-order valence-electron chi connectivity index (χ2n) is 7.50. The fourth-order valence-electron chi connectivity index (χ4n) is 3.59. The summed E-state index contributed by atoms with van der Waals surface area (Å²) in [7, 11) is 0. The van der Waals surface area contributed by atoms with Crippen molar-refractivity contribution in [1.29, 1.82) is 0 Å². The van der Waals surface area contributed by atoms with Crippen LogP contribution in [0.25, 0.3) is 0 Å². The summed E-state index contributed by atoms with van der Waals surface area (Å²) in [5, 5.41) is 0. The fourth-order valence-corrected chi connectivity index (χ4v) is 3.59. The molecule has 0 unspecified atom stereocenters. The van der Waals surface area contributed by atoms with E-state index >= 15 is 0 Å². The lowest BCUT2D eigenvalue weighted by Gasteiger charge is -2.23. The summed E-state index contributed by atoms with van der Waals surface area (Å²) in [6.07, 6.45) is 4.45. The van der Waals surface area contributed by atoms with Crippen LogP contribution in [0.1, 0.15) is 35.2 Å². The molecule has 2 aromatic carbocycles. The van der Waals surface area contributed by atoms with Crippen molar-refractivity contribution < 1.29 is 8.78 Å². The average Bonchev–Trinajstić information content (AvgIpc) is 3.40. The van der Waals surface area contributed by atoms with Crippen molar-refractivity contribution in [1.82, 2.24) is 9.47 Å². The molecular weight excluding hydrogens is 342 g/mol. The third kappa shape index (κ3) is 4.45. The van der Waals surface area contributed by atoms with Crippen molar-refractivity contribution in [2.45, 2.75) is 45.4 Å². The highest BCUT2D eigenvalue weighted by Gasteiger charge is 2.29. The first-order valence-electron chi connectivity index (χ1n) is 9.46. The van der Waals surface area contributed by atoms with Crippen LogP contribution in [0.2, 0.25) is 0 Å². The van der Waals surface area contributed by atoms with Gasteiger partial charge in [-0.05, 0) is 55.2 Å². The Morgan fingerprint density at radius 1 is 0.926 bits per heavy atom. The fraction of sp³-hybridized carbons (Fsp3) is 0.304. The van der Waals surface area contributed by atoms with E-state index < -0.39 is 11.6 Å². The first-order chi connectivity index (χ1) is 13.1. The van der Waals surface area contributed by atoms with Crippen LogP contribution in [-0.2, 0) is 19.6 Å². The van der Waals surface area contributed by atoms with Gasteiger partial charge in [-0.1, -0.05) is 35.9 Å². The molecule has 2 nitrogen and oxygen atoms in total. The quantitative estimate of drug-likeness (QED) is 0.552. The first-order valence-corrected chi connectivity index (χ1v) is 9.46. The molecular formula is C23H24F2N2. The lowest BCUT2D eigenvalue weighted by Crippen LogP contribution is -2.26. The van der Waals surface area contributed by atoms with Gasteiger partial charge < -0.3 is 4.57 Å². The standard InChI is InChI=1S/C23H24F2N2/c1-17-4-2-5-18(12-17)14-26-11-3-6-21(26)16-27(20-8-9-20)15-19-7-10-22(24)23(25)13-19/h2-7,10-13,20H,8-9,14-16H2,1H3. The van der Waals surface area contributed by atoms with E-state index in [2.05, 4.69) is 59.0 Å². The zero-order chi connectivity index (χ0) is 18.8. The Kier molecular flexibility index (Phi) is 5.08. The van der Waals surface area contributed by atoms with E-state index in [1.165, 1.54) is 41.8 Å². The van der Waals surface area contributed by atoms with Crippen molar-refractivity contribution in [2.24, 2.45) is 0 Å². The minimum Gasteiger partial charge on any atom is -0.346 e. The van der Waals surface area contributed by atoms with Crippen LogP contribution in [0.3, 0.4) is 0 Å². The van der Waals surface area contributed by atoms with Gasteiger partial charge in [0.25, 0.3) is 0 Å². The predicted octanol–water partition coefficient (Wildman–Crippen LogP) is 5.29. The summed E-state index contributed by atoms with van der Waals surface area (Å²) in [6, 6.07) is 17.5. The second-order valence-corrected chi connectivity index (χ2v) is 7.50. The summed E-state index contributed by atoms with van der Waals surface area (Å²) in [5.41, 5.74) is 4.61. The summed E-state index contributed by atoms with van der Waals surface area (Å²) in [6.45, 7) is 4.39. The van der Waals surface area contributed by atoms with Gasteiger partial charge in [-0.25, -0.2) is 8.78 Å². The third-order valence-electron chi connectivity index (χ3n) is 5.16. The largest absolute Gasteiger partial charge is 0.346 e. The van der Waals surface area contributed by atoms with E-state index in [4.69, 9.17) is 0 Å². The van der Waals surface area contributed by atoms with Gasteiger partial charge in [-0.3, -0.25) is 4.90 Å². The van der Waals surface area contributed by atoms with Crippen molar-refractivity contribution in [2.75, 3.05) is 0 Å². The Labute approximate surface area is 159 Å². The van der Waals surface area contributed by atoms with Crippen LogP contribution in [0, 0.1) is 18.6 Å². The van der Waals surface area contributed by atoms with Gasteiger partial charge in [0.05, 0.1) is 0 Å². The number of aryl methyl sites for hydroxylation is 1. The molecule has 0 N–H and O–H groups in total. The molecule has 4 rings (SSSR count). The second kappa shape index (κ2) is 7.65. The number of benzene rings is 2. The summed E-state index contributed by atoms with van der Waals surface area (Å²) >= 11 is 0. The Balaban J connectivity index is 1.49. The Bertz CT molecular complexity index is 928. The zero-order valence-corrected chi connectivity index (χ0v) is 15.5. The van der Waals surface area contributed by atoms with E-state index in [9.17, 15) is 8.78 Å². The molecule has 1 aromatic heterocycles. The molecule has 0 atom stereocenters. The first kappa shape index (κ1) is 17.9. The number of halogens is 2. The maximum absolute atomic E-state index is 13.6. The van der Waals surface area contributed by atoms with Crippen LogP contribution >= 0.6 is 0 Å². The molecule has 1 heterocycles. The van der Waals surface area contributed by atoms with Gasteiger partial charge in [0.15, 0.2) is 11.6 Å². The van der Waals surface area contributed by atoms with Crippen LogP contribution < -0.4 is 0 Å². The molecule has 1 saturated carbocycles. The highest BCUT2D eigenvalue weighted by molar-refractivity contribution is 5.24. The lowest BCUT2D eigenvalue weighted by molar-refractivity contribution is 0.239. The SMILES string of the molecule is Cc1cccc(Cn2cccc2CN(Cc2ccc(F)c(F)c2)C2CC2)c1. The normalized spacial score (nSPS) is 14.1. The topological polar surface area (TPSA) is 8.17 Å². The average molecular weight is 366 g/mol. The van der Waals surface area contributed by atoms with Gasteiger partial charge in [0, 0.05) is 37.6 Å². The molecule has 0 spiro atoms. The smallest absolute Gasteiger partial charge is 0.159 e. The lowest BCUT2D eigenvalue weighted by atomic mass is 10.1. The molecule has 1 fully saturated rings. The summed E-state index contributed by atoms with van der Waals surface area (Å²) in [4.78, 5) is 2.37. The monoisotopic (exact) mass is 366 g/mol. The van der Waals surface area contributed by atoms with Crippen LogP contribution in [0.5, 0.6) is 0 Å². The third-order valence-corrected chi connectivity index (χ3v) is 5.16. The summed E-state index contributed by atoms with van der Waals surface area (Å²) in [5.74, 6) is -1.56. The van der Waals surface area contributed by atoms with Crippen molar-refractivity contribution >= 4 is 0 Å². The van der Waals surface area contributed by atoms with Crippen molar-refractivity contribution in [3.63, 3.8) is 0 Å². The highest BCUT2D eigenvalue weighted by atomic mass is 19.2. The maximum Gasteiger partial charge on any atom is 0.159 e. The Morgan fingerprint density at radius 3 is 2.52 bits per heavy atom. The van der Waals surface area contributed by atoms with E-state index in [1.54, 1.807) is 6.07 Å². The van der Waals surface area contributed by atoms with E-state index in [1.807, 2.05) is 0 Å². The minimum atomic E-state index is -0.788. The van der Waals surface area contributed by atoms with Gasteiger partial charge >= 0.3 is 0 Å². The molecule has 0 bridgehead atoms. The van der Waals surface area contributed by atoms with Gasteiger partial charge in [0.1, 0.15) is 0 Å². The summed E-state index contributed by atoms with van der Waals surface area (Å²) < 4.78 is 29.0. The molecule has 140 valence electrons. The minimum absolute atomic E-state index is 0.528. The Hall–Kier alpha value is -2.46. The number of aromatic nitrogens is 1. The van der Waals surface area contributed by atoms with E-state index in [0.29, 0.717) is 12.6 Å². The van der Waals surface area contributed by atoms with Crippen LogP contribution in [0.15, 0.2) is 60.8 Å². The molecule has 3 aromatic rings. The molecule has 0 aliphatic heterocycles. The maximum atomic E-state index is 13.6. The number of hydrogen-bond donors (Lipinski definition) is 0. The number of hydrogen-bond acceptors (Lipinski definition) is 1. The molecule has 1 aliphatic rings. The highest BCUT2D eigenvalue weighted by Crippen LogP contribution is 2.30. The van der Waals surface area contributed by atoms with Crippen molar-refractivity contribution in [3.8, 4) is 0 Å². The zero-order valence-electron chi connectivity index (χ0n) is 15.5. The van der Waals surface area contributed by atoms with Crippen molar-refractivity contribution in [3.05, 3.63) is 94.8 Å². The number of rotatable bonds is 7. The molecule has 1 aliphatic carbocycles. The molecule has 27 heavy (non-hydrogen) atoms. The van der Waals surface area contributed by atoms with Crippen LogP contribution in [-0.4, -0.2) is 15.5 Å². The Morgan fingerprint density at radius 2 is 1.78 bits per heavy atom. The predicted molar refractivity (Wildman–Crippen MR) is 103 cm³/mol. The van der Waals surface area contributed by atoms with Gasteiger partial charge in [0.2, 0.25) is 0 Å².